The van der Waals surface area contributed by atoms with E-state index in [9.17, 15) is 26.9 Å². The minimum Gasteiger partial charge on any atom is -0.340 e. The fraction of sp³-hybridized carbons (Fsp3) is 0.273. The molecule has 0 unspecified atom stereocenters. The fourth-order valence-corrected chi connectivity index (χ4v) is 5.72. The maximum absolute atomic E-state index is 12.9. The van der Waals surface area contributed by atoms with Gasteiger partial charge in [0.1, 0.15) is 6.07 Å². The summed E-state index contributed by atoms with van der Waals surface area (Å²) < 4.78 is 53.5. The molecule has 33 heavy (non-hydrogen) atoms. The molecule has 1 aliphatic heterocycles. The number of amides is 1. The molecule has 1 N–H and O–H groups in total. The SMILES string of the molecule is N#Cc1ccccc1S(=O)(=O)N1CCN(C(=O)CCNS(=O)(=O)/C=C/c2ccccc2)CC1. The lowest BCUT2D eigenvalue weighted by Gasteiger charge is -2.34. The van der Waals surface area contributed by atoms with Gasteiger partial charge in [-0.25, -0.2) is 21.6 Å². The lowest BCUT2D eigenvalue weighted by atomic mass is 10.2. The van der Waals surface area contributed by atoms with Gasteiger partial charge in [0.05, 0.1) is 10.5 Å². The first-order valence-corrected chi connectivity index (χ1v) is 13.2. The van der Waals surface area contributed by atoms with Gasteiger partial charge in [0.15, 0.2) is 0 Å². The van der Waals surface area contributed by atoms with E-state index in [4.69, 9.17) is 0 Å². The Kier molecular flexibility index (Phi) is 7.99. The molecule has 1 saturated heterocycles. The number of carbonyl (C=O) groups excluding carboxylic acids is 1. The zero-order valence-corrected chi connectivity index (χ0v) is 19.4. The second-order valence-electron chi connectivity index (χ2n) is 7.30. The lowest BCUT2D eigenvalue weighted by molar-refractivity contribution is -0.132. The molecule has 0 aromatic heterocycles. The standard InChI is InChI=1S/C22H24N4O5S2/c23-18-20-8-4-5-9-21(20)33(30,31)26-15-13-25(14-16-26)22(27)10-12-24-32(28,29)17-11-19-6-2-1-3-7-19/h1-9,11,17,24H,10,12-16H2/b17-11+. The van der Waals surface area contributed by atoms with Gasteiger partial charge < -0.3 is 4.90 Å². The van der Waals surface area contributed by atoms with Crippen LogP contribution in [-0.4, -0.2) is 64.7 Å². The number of piperazine rings is 1. The van der Waals surface area contributed by atoms with E-state index in [1.807, 2.05) is 12.1 Å². The molecule has 0 radical (unpaired) electrons. The fourth-order valence-electron chi connectivity index (χ4n) is 3.34. The summed E-state index contributed by atoms with van der Waals surface area (Å²) in [7, 11) is -7.53. The summed E-state index contributed by atoms with van der Waals surface area (Å²) in [4.78, 5) is 13.9. The number of rotatable bonds is 8. The molecule has 11 heteroatoms. The van der Waals surface area contributed by atoms with E-state index in [-0.39, 0.29) is 55.5 Å². The number of sulfonamides is 2. The lowest BCUT2D eigenvalue weighted by Crippen LogP contribution is -2.51. The summed E-state index contributed by atoms with van der Waals surface area (Å²) >= 11 is 0. The van der Waals surface area contributed by atoms with Crippen molar-refractivity contribution in [1.29, 1.82) is 5.26 Å². The summed E-state index contributed by atoms with van der Waals surface area (Å²) in [5.41, 5.74) is 0.814. The average molecular weight is 489 g/mol. The largest absolute Gasteiger partial charge is 0.340 e. The van der Waals surface area contributed by atoms with E-state index in [2.05, 4.69) is 4.72 Å². The van der Waals surface area contributed by atoms with Gasteiger partial charge in [0.2, 0.25) is 26.0 Å². The zero-order valence-electron chi connectivity index (χ0n) is 17.8. The molecule has 0 aliphatic carbocycles. The summed E-state index contributed by atoms with van der Waals surface area (Å²) in [5.74, 6) is -0.265. The van der Waals surface area contributed by atoms with E-state index >= 15 is 0 Å². The van der Waals surface area contributed by atoms with Crippen LogP contribution in [-0.2, 0) is 24.8 Å². The van der Waals surface area contributed by atoms with Crippen LogP contribution >= 0.6 is 0 Å². The molecular weight excluding hydrogens is 464 g/mol. The summed E-state index contributed by atoms with van der Waals surface area (Å²) in [6.45, 7) is 0.508. The van der Waals surface area contributed by atoms with E-state index < -0.39 is 20.0 Å². The smallest absolute Gasteiger partial charge is 0.244 e. The van der Waals surface area contributed by atoms with E-state index in [1.165, 1.54) is 27.4 Å². The minimum absolute atomic E-state index is 0.0393. The predicted octanol–water partition coefficient (Wildman–Crippen LogP) is 1.37. The van der Waals surface area contributed by atoms with Crippen molar-refractivity contribution in [1.82, 2.24) is 13.9 Å². The molecule has 1 amide bonds. The molecule has 0 bridgehead atoms. The van der Waals surface area contributed by atoms with Crippen molar-refractivity contribution >= 4 is 32.0 Å². The van der Waals surface area contributed by atoms with Crippen molar-refractivity contribution in [3.63, 3.8) is 0 Å². The predicted molar refractivity (Wildman–Crippen MR) is 124 cm³/mol. The molecule has 1 heterocycles. The van der Waals surface area contributed by atoms with Crippen LogP contribution < -0.4 is 4.72 Å². The highest BCUT2D eigenvalue weighted by Gasteiger charge is 2.31. The van der Waals surface area contributed by atoms with Gasteiger partial charge in [0, 0.05) is 44.6 Å². The topological polar surface area (TPSA) is 128 Å². The molecule has 9 nitrogen and oxygen atoms in total. The number of hydrogen-bond donors (Lipinski definition) is 1. The number of nitrogens with zero attached hydrogens (tertiary/aromatic N) is 3. The van der Waals surface area contributed by atoms with Gasteiger partial charge in [-0.15, -0.1) is 0 Å². The third-order valence-corrected chi connectivity index (χ3v) is 8.16. The first kappa shape index (κ1) is 24.6. The van der Waals surface area contributed by atoms with Crippen LogP contribution in [0.15, 0.2) is 64.9 Å². The van der Waals surface area contributed by atoms with Crippen molar-refractivity contribution in [3.8, 4) is 6.07 Å². The quantitative estimate of drug-likeness (QED) is 0.598. The molecule has 0 spiro atoms. The molecule has 1 fully saturated rings. The Hall–Kier alpha value is -3.04. The first-order valence-electron chi connectivity index (χ1n) is 10.2. The Balaban J connectivity index is 1.49. The van der Waals surface area contributed by atoms with Crippen LogP contribution in [0, 0.1) is 11.3 Å². The highest BCUT2D eigenvalue weighted by molar-refractivity contribution is 7.92. The summed E-state index contributed by atoms with van der Waals surface area (Å²) in [5, 5.41) is 10.2. The molecule has 2 aromatic rings. The van der Waals surface area contributed by atoms with E-state index in [0.29, 0.717) is 0 Å². The number of nitriles is 1. The summed E-state index contributed by atoms with van der Waals surface area (Å²) in [6, 6.07) is 16.9. The number of nitrogens with one attached hydrogen (secondary N) is 1. The molecular formula is C22H24N4O5S2. The van der Waals surface area contributed by atoms with Crippen molar-refractivity contribution in [2.45, 2.75) is 11.3 Å². The van der Waals surface area contributed by atoms with Crippen molar-refractivity contribution in [2.24, 2.45) is 0 Å². The van der Waals surface area contributed by atoms with E-state index in [1.54, 1.807) is 36.4 Å². The Morgan fingerprint density at radius 3 is 2.27 bits per heavy atom. The van der Waals surface area contributed by atoms with Crippen LogP contribution in [0.2, 0.25) is 0 Å². The van der Waals surface area contributed by atoms with Gasteiger partial charge in [-0.3, -0.25) is 4.79 Å². The molecule has 0 saturated carbocycles. The number of carbonyl (C=O) groups is 1. The third-order valence-electron chi connectivity index (χ3n) is 5.10. The summed E-state index contributed by atoms with van der Waals surface area (Å²) in [6.07, 6.45) is 1.43. The van der Waals surface area contributed by atoms with Crippen LogP contribution in [0.5, 0.6) is 0 Å². The van der Waals surface area contributed by atoms with Crippen LogP contribution in [0.4, 0.5) is 0 Å². The monoisotopic (exact) mass is 488 g/mol. The number of hydrogen-bond acceptors (Lipinski definition) is 6. The third kappa shape index (κ3) is 6.49. The van der Waals surface area contributed by atoms with E-state index in [0.717, 1.165) is 11.0 Å². The molecule has 2 aromatic carbocycles. The van der Waals surface area contributed by atoms with Gasteiger partial charge in [-0.1, -0.05) is 42.5 Å². The van der Waals surface area contributed by atoms with Gasteiger partial charge in [-0.2, -0.15) is 9.57 Å². The Morgan fingerprint density at radius 1 is 0.970 bits per heavy atom. The van der Waals surface area contributed by atoms with Gasteiger partial charge >= 0.3 is 0 Å². The Labute approximate surface area is 194 Å². The minimum atomic E-state index is -3.85. The van der Waals surface area contributed by atoms with Gasteiger partial charge in [-0.05, 0) is 23.8 Å². The van der Waals surface area contributed by atoms with Crippen molar-refractivity contribution in [2.75, 3.05) is 32.7 Å². The average Bonchev–Trinajstić information content (AvgIpc) is 2.83. The molecule has 174 valence electrons. The van der Waals surface area contributed by atoms with Gasteiger partial charge in [0.25, 0.3) is 0 Å². The van der Waals surface area contributed by atoms with Crippen molar-refractivity contribution in [3.05, 3.63) is 71.1 Å². The molecule has 3 rings (SSSR count). The Bertz CT molecular complexity index is 1260. The second kappa shape index (κ2) is 10.7. The van der Waals surface area contributed by atoms with Crippen LogP contribution in [0.3, 0.4) is 0 Å². The molecule has 1 aliphatic rings. The van der Waals surface area contributed by atoms with Crippen molar-refractivity contribution < 1.29 is 21.6 Å². The highest BCUT2D eigenvalue weighted by Crippen LogP contribution is 2.21. The maximum Gasteiger partial charge on any atom is 0.244 e. The van der Waals surface area contributed by atoms with Crippen LogP contribution in [0.25, 0.3) is 6.08 Å². The number of benzene rings is 2. The Morgan fingerprint density at radius 2 is 1.61 bits per heavy atom. The normalized spacial score (nSPS) is 15.4. The second-order valence-corrected chi connectivity index (χ2v) is 10.9. The zero-order chi connectivity index (χ0) is 23.9. The molecule has 0 atom stereocenters. The van der Waals surface area contributed by atoms with Crippen LogP contribution in [0.1, 0.15) is 17.5 Å². The first-order chi connectivity index (χ1) is 15.7. The highest BCUT2D eigenvalue weighted by atomic mass is 32.2. The maximum atomic E-state index is 12.9.